The number of rotatable bonds is 5. The maximum absolute atomic E-state index is 12.1. The first-order chi connectivity index (χ1) is 11.1. The number of halogens is 1. The molecule has 0 unspecified atom stereocenters. The van der Waals surface area contributed by atoms with Gasteiger partial charge in [-0.2, -0.15) is 0 Å². The van der Waals surface area contributed by atoms with Gasteiger partial charge in [0.25, 0.3) is 0 Å². The standard InChI is InChI=1S/C16H15ClN2O3S/c1-22-15(20)12-4-2-7-18(12)8-3-9-19-13-10-11(17)5-6-14(13)23-16(19)21/h2,4-7,10H,3,8-9H2,1H3. The fraction of sp³-hybridized carbons (Fsp3) is 0.250. The molecule has 0 amide bonds. The van der Waals surface area contributed by atoms with E-state index < -0.39 is 0 Å². The average Bonchev–Trinajstić information content (AvgIpc) is 3.12. The number of aryl methyl sites for hydroxylation is 2. The lowest BCUT2D eigenvalue weighted by atomic mass is 10.3. The maximum Gasteiger partial charge on any atom is 0.354 e. The Morgan fingerprint density at radius 3 is 2.91 bits per heavy atom. The number of hydrogen-bond donors (Lipinski definition) is 0. The molecule has 0 N–H and O–H groups in total. The molecule has 0 aliphatic heterocycles. The number of ether oxygens (including phenoxy) is 1. The molecular formula is C16H15ClN2O3S. The highest BCUT2D eigenvalue weighted by Crippen LogP contribution is 2.21. The number of carbonyl (C=O) groups excluding carboxylic acids is 1. The first-order valence-corrected chi connectivity index (χ1v) is 8.32. The van der Waals surface area contributed by atoms with Crippen LogP contribution in [0.2, 0.25) is 5.02 Å². The van der Waals surface area contributed by atoms with Crippen LogP contribution < -0.4 is 4.87 Å². The molecule has 0 aliphatic carbocycles. The molecule has 0 spiro atoms. The first-order valence-electron chi connectivity index (χ1n) is 7.12. The summed E-state index contributed by atoms with van der Waals surface area (Å²) in [5, 5.41) is 0.613. The van der Waals surface area contributed by atoms with Crippen molar-refractivity contribution in [3.05, 3.63) is 56.9 Å². The van der Waals surface area contributed by atoms with E-state index in [0.29, 0.717) is 23.8 Å². The molecule has 120 valence electrons. The van der Waals surface area contributed by atoms with Crippen molar-refractivity contribution in [1.82, 2.24) is 9.13 Å². The van der Waals surface area contributed by atoms with Crippen LogP contribution >= 0.6 is 22.9 Å². The fourth-order valence-electron chi connectivity index (χ4n) is 2.55. The minimum atomic E-state index is -0.361. The van der Waals surface area contributed by atoms with Crippen LogP contribution in [0.25, 0.3) is 10.2 Å². The maximum atomic E-state index is 12.1. The first kappa shape index (κ1) is 15.8. The SMILES string of the molecule is COC(=O)c1cccn1CCCn1c(=O)sc2ccc(Cl)cc21. The Balaban J connectivity index is 1.76. The molecule has 0 atom stereocenters. The van der Waals surface area contributed by atoms with Crippen molar-refractivity contribution in [2.45, 2.75) is 19.5 Å². The summed E-state index contributed by atoms with van der Waals surface area (Å²) in [6, 6.07) is 8.98. The van der Waals surface area contributed by atoms with E-state index in [-0.39, 0.29) is 10.8 Å². The van der Waals surface area contributed by atoms with E-state index in [2.05, 4.69) is 0 Å². The third-order valence-corrected chi connectivity index (χ3v) is 4.83. The molecule has 2 aromatic heterocycles. The summed E-state index contributed by atoms with van der Waals surface area (Å²) in [5.41, 5.74) is 1.37. The number of hydrogen-bond acceptors (Lipinski definition) is 4. The molecule has 0 aliphatic rings. The van der Waals surface area contributed by atoms with Crippen molar-refractivity contribution in [2.75, 3.05) is 7.11 Å². The molecular weight excluding hydrogens is 336 g/mol. The number of methoxy groups -OCH3 is 1. The quantitative estimate of drug-likeness (QED) is 0.663. The van der Waals surface area contributed by atoms with Gasteiger partial charge >= 0.3 is 10.8 Å². The van der Waals surface area contributed by atoms with Crippen LogP contribution in [0.15, 0.2) is 41.3 Å². The number of aromatic nitrogens is 2. The van der Waals surface area contributed by atoms with Crippen molar-refractivity contribution in [2.24, 2.45) is 0 Å². The minimum Gasteiger partial charge on any atom is -0.464 e. The van der Waals surface area contributed by atoms with Crippen molar-refractivity contribution in [3.63, 3.8) is 0 Å². The van der Waals surface area contributed by atoms with E-state index in [9.17, 15) is 9.59 Å². The molecule has 3 rings (SSSR count). The van der Waals surface area contributed by atoms with Crippen molar-refractivity contribution in [1.29, 1.82) is 0 Å². The van der Waals surface area contributed by atoms with E-state index >= 15 is 0 Å². The highest BCUT2D eigenvalue weighted by molar-refractivity contribution is 7.16. The van der Waals surface area contributed by atoms with Gasteiger partial charge in [-0.3, -0.25) is 9.36 Å². The number of nitrogens with zero attached hydrogens (tertiary/aromatic N) is 2. The van der Waals surface area contributed by atoms with E-state index in [1.54, 1.807) is 22.8 Å². The Kier molecular flexibility index (Phi) is 4.54. The second-order valence-electron chi connectivity index (χ2n) is 5.06. The van der Waals surface area contributed by atoms with Crippen LogP contribution in [0.5, 0.6) is 0 Å². The number of fused-ring (bicyclic) bond motifs is 1. The van der Waals surface area contributed by atoms with E-state index in [1.165, 1.54) is 18.4 Å². The van der Waals surface area contributed by atoms with Gasteiger partial charge in [-0.25, -0.2) is 4.79 Å². The van der Waals surface area contributed by atoms with Crippen LogP contribution in [0.4, 0.5) is 0 Å². The van der Waals surface area contributed by atoms with Gasteiger partial charge in [0.05, 0.1) is 17.3 Å². The molecule has 1 aromatic carbocycles. The van der Waals surface area contributed by atoms with Gasteiger partial charge < -0.3 is 9.30 Å². The van der Waals surface area contributed by atoms with Crippen LogP contribution in [-0.4, -0.2) is 22.2 Å². The van der Waals surface area contributed by atoms with Gasteiger partial charge in [-0.1, -0.05) is 22.9 Å². The molecule has 3 aromatic rings. The van der Waals surface area contributed by atoms with Gasteiger partial charge in [0.1, 0.15) is 5.69 Å². The third-order valence-electron chi connectivity index (χ3n) is 3.63. The van der Waals surface area contributed by atoms with Gasteiger partial charge in [-0.05, 0) is 36.8 Å². The van der Waals surface area contributed by atoms with E-state index in [4.69, 9.17) is 16.3 Å². The van der Waals surface area contributed by atoms with Gasteiger partial charge in [0, 0.05) is 24.3 Å². The largest absolute Gasteiger partial charge is 0.464 e. The normalized spacial score (nSPS) is 11.0. The zero-order valence-corrected chi connectivity index (χ0v) is 14.1. The summed E-state index contributed by atoms with van der Waals surface area (Å²) < 4.78 is 9.24. The molecule has 0 saturated carbocycles. The van der Waals surface area contributed by atoms with Gasteiger partial charge in [0.2, 0.25) is 0 Å². The number of esters is 1. The molecule has 23 heavy (non-hydrogen) atoms. The molecule has 0 bridgehead atoms. The Hall–Kier alpha value is -2.05. The summed E-state index contributed by atoms with van der Waals surface area (Å²) in [6.07, 6.45) is 2.55. The second kappa shape index (κ2) is 6.60. The van der Waals surface area contributed by atoms with Crippen molar-refractivity contribution >= 4 is 39.1 Å². The summed E-state index contributed by atoms with van der Waals surface area (Å²) in [6.45, 7) is 1.19. The Labute approximate surface area is 141 Å². The molecule has 7 heteroatoms. The zero-order chi connectivity index (χ0) is 16.4. The monoisotopic (exact) mass is 350 g/mol. The number of benzene rings is 1. The Bertz CT molecular complexity index is 910. The number of carbonyl (C=O) groups is 1. The number of thiazole rings is 1. The second-order valence-corrected chi connectivity index (χ2v) is 6.49. The highest BCUT2D eigenvalue weighted by atomic mass is 35.5. The van der Waals surface area contributed by atoms with Gasteiger partial charge in [0.15, 0.2) is 0 Å². The average molecular weight is 351 g/mol. The van der Waals surface area contributed by atoms with Gasteiger partial charge in [-0.15, -0.1) is 0 Å². The topological polar surface area (TPSA) is 53.2 Å². The Morgan fingerprint density at radius 2 is 2.13 bits per heavy atom. The molecule has 0 saturated heterocycles. The third kappa shape index (κ3) is 3.18. The van der Waals surface area contributed by atoms with Crippen molar-refractivity contribution in [3.8, 4) is 0 Å². The van der Waals surface area contributed by atoms with E-state index in [0.717, 1.165) is 16.6 Å². The smallest absolute Gasteiger partial charge is 0.354 e. The van der Waals surface area contributed by atoms with Crippen LogP contribution in [0.1, 0.15) is 16.9 Å². The molecule has 2 heterocycles. The summed E-state index contributed by atoms with van der Waals surface area (Å²) >= 11 is 7.24. The van der Waals surface area contributed by atoms with Crippen LogP contribution in [0, 0.1) is 0 Å². The van der Waals surface area contributed by atoms with Crippen LogP contribution in [0.3, 0.4) is 0 Å². The lowest BCUT2D eigenvalue weighted by Gasteiger charge is -2.08. The van der Waals surface area contributed by atoms with Crippen molar-refractivity contribution < 1.29 is 9.53 Å². The zero-order valence-electron chi connectivity index (χ0n) is 12.5. The van der Waals surface area contributed by atoms with Crippen LogP contribution in [-0.2, 0) is 17.8 Å². The lowest BCUT2D eigenvalue weighted by Crippen LogP contribution is -2.16. The van der Waals surface area contributed by atoms with E-state index in [1.807, 2.05) is 22.9 Å². The summed E-state index contributed by atoms with van der Waals surface area (Å²) in [5.74, 6) is -0.361. The highest BCUT2D eigenvalue weighted by Gasteiger charge is 2.11. The summed E-state index contributed by atoms with van der Waals surface area (Å²) in [4.78, 5) is 23.8. The summed E-state index contributed by atoms with van der Waals surface area (Å²) in [7, 11) is 1.36. The predicted molar refractivity (Wildman–Crippen MR) is 91.5 cm³/mol. The molecule has 0 fully saturated rings. The Morgan fingerprint density at radius 1 is 1.30 bits per heavy atom. The predicted octanol–water partition coefficient (Wildman–Crippen LogP) is 3.39. The molecule has 0 radical (unpaired) electrons. The minimum absolute atomic E-state index is 0.00274. The molecule has 5 nitrogen and oxygen atoms in total. The lowest BCUT2D eigenvalue weighted by molar-refractivity contribution is 0.0588. The fourth-order valence-corrected chi connectivity index (χ4v) is 3.61.